The van der Waals surface area contributed by atoms with Gasteiger partial charge in [0, 0.05) is 87.7 Å². The molecule has 0 aliphatic carbocycles. The van der Waals surface area contributed by atoms with Gasteiger partial charge in [0.25, 0.3) is 23.4 Å². The Labute approximate surface area is 568 Å². The van der Waals surface area contributed by atoms with Crippen molar-refractivity contribution in [2.24, 2.45) is 0 Å². The fourth-order valence-corrected chi connectivity index (χ4v) is 11.5. The van der Waals surface area contributed by atoms with E-state index in [0.717, 1.165) is 36.1 Å². The summed E-state index contributed by atoms with van der Waals surface area (Å²) in [5.41, 5.74) is 4.17. The van der Waals surface area contributed by atoms with Gasteiger partial charge < -0.3 is 91.7 Å². The molecular formula is C64H80N6NaO20S2+. The number of aliphatic hydroxyl groups is 6. The number of allylic oxidation sites excluding steroid dienone is 2. The van der Waals surface area contributed by atoms with E-state index in [9.17, 15) is 79.2 Å². The van der Waals surface area contributed by atoms with Crippen molar-refractivity contribution in [3.8, 4) is 22.3 Å². The van der Waals surface area contributed by atoms with Crippen LogP contribution in [-0.2, 0) is 47.7 Å². The third-order valence-electron chi connectivity index (χ3n) is 14.7. The van der Waals surface area contributed by atoms with Crippen molar-refractivity contribution >= 4 is 70.9 Å². The SMILES string of the molecule is CC(=O)N[C@@H]1[C@@H](O)C[C@](OCCCSCCNC(=O)/C=C/C=C/C(=O)NCCSCCCO[C@]2(C(=O)O)C[C@H](O)[C@@H](NC(C)=O)[C@H](C(O)[C@H](O)CNC(=O)c3ccc(-c4ccccc4)cc3)O2)(C(=O)O)O[C@H]1C(O)[C@H](O)CNC(=O)c1ccc(-c2ccccc2)cc1.[Na+]. The van der Waals surface area contributed by atoms with Gasteiger partial charge in [0.15, 0.2) is 0 Å². The van der Waals surface area contributed by atoms with Crippen LogP contribution in [-0.4, -0.2) is 223 Å². The molecule has 14 N–H and O–H groups in total. The van der Waals surface area contributed by atoms with Crippen molar-refractivity contribution in [1.82, 2.24) is 31.9 Å². The molecule has 2 unspecified atom stereocenters. The van der Waals surface area contributed by atoms with Crippen molar-refractivity contribution < 1.29 is 128 Å². The zero-order valence-corrected chi connectivity index (χ0v) is 55.3. The smallest absolute Gasteiger partial charge is 0.477 e. The molecule has 4 aromatic rings. The number of hydrogen-bond acceptors (Lipinski definition) is 20. The fourth-order valence-electron chi connectivity index (χ4n) is 9.96. The monoisotopic (exact) mass is 1340 g/mol. The van der Waals surface area contributed by atoms with Crippen LogP contribution in [0.15, 0.2) is 133 Å². The minimum Gasteiger partial charge on any atom is -0.477 e. The van der Waals surface area contributed by atoms with E-state index < -0.39 is 146 Å². The van der Waals surface area contributed by atoms with Crippen LogP contribution in [0.1, 0.15) is 60.2 Å². The summed E-state index contributed by atoms with van der Waals surface area (Å²) >= 11 is 2.83. The van der Waals surface area contributed by atoms with Crippen molar-refractivity contribution in [3.63, 3.8) is 0 Å². The van der Waals surface area contributed by atoms with E-state index in [1.807, 2.05) is 60.7 Å². The molecule has 6 amide bonds. The molecule has 6 rings (SSSR count). The van der Waals surface area contributed by atoms with E-state index >= 15 is 0 Å². The second kappa shape index (κ2) is 38.7. The van der Waals surface area contributed by atoms with E-state index in [2.05, 4.69) is 31.9 Å². The van der Waals surface area contributed by atoms with Gasteiger partial charge in [0.05, 0.1) is 49.7 Å². The van der Waals surface area contributed by atoms with E-state index in [0.29, 0.717) is 35.9 Å². The summed E-state index contributed by atoms with van der Waals surface area (Å²) in [6.07, 6.45) is -9.46. The van der Waals surface area contributed by atoms with E-state index in [1.165, 1.54) is 47.8 Å². The number of benzene rings is 4. The number of hydrogen-bond donors (Lipinski definition) is 14. The molecule has 0 saturated carbocycles. The first kappa shape index (κ1) is 77.1. The Bertz CT molecular complexity index is 2930. The third-order valence-corrected chi connectivity index (χ3v) is 16.8. The molecule has 0 bridgehead atoms. The van der Waals surface area contributed by atoms with Crippen LogP contribution in [0.25, 0.3) is 22.3 Å². The Balaban J connectivity index is 0.0000157. The number of carbonyl (C=O) groups is 8. The molecule has 29 heteroatoms. The summed E-state index contributed by atoms with van der Waals surface area (Å²) in [5.74, 6) is -9.69. The molecule has 2 saturated heterocycles. The zero-order valence-electron chi connectivity index (χ0n) is 51.7. The molecule has 498 valence electrons. The summed E-state index contributed by atoms with van der Waals surface area (Å²) in [4.78, 5) is 100. The van der Waals surface area contributed by atoms with Crippen LogP contribution in [0.4, 0.5) is 0 Å². The summed E-state index contributed by atoms with van der Waals surface area (Å²) in [6, 6.07) is 29.6. The van der Waals surface area contributed by atoms with Crippen LogP contribution in [0, 0.1) is 0 Å². The van der Waals surface area contributed by atoms with Crippen molar-refractivity contribution in [2.45, 2.75) is 112 Å². The Morgan fingerprint density at radius 1 is 0.527 bits per heavy atom. The fraction of sp³-hybridized carbons (Fsp3) is 0.438. The predicted molar refractivity (Wildman–Crippen MR) is 339 cm³/mol. The standard InChI is InChI=1S/C64H80N6O20S2.Na/c1-39(71)69-53-47(73)35-63(61(83)84,89-57(53)55(79)49(75)37-67-59(81)45-23-19-43(20-24-45)41-13-5-3-6-14-41)87-29-11-31-91-33-27-65-51(77)17-9-10-18-52(78)66-28-34-92-32-12-30-88-64(62(85)86)36-48(74)54(70-40(2)72)58(90-64)56(80)50(76)38-68-60(82)46-25-21-44(22-26-46)42-15-7-4-8-16-42;/h3-10,13-26,47-50,53-58,73-76,79-80H,11-12,27-38H2,1-2H3,(H,65,77)(H,66,78)(H,67,81)(H,68,82)(H,69,71)(H,70,72)(H,83,84)(H,85,86);/q;+1/b17-9+,18-10+;/t47-,48-,49+,50+,53+,54+,55?,56?,57+,58+,63+,64+;/m0./s1. The number of carboxylic acid groups (broad SMARTS) is 2. The molecule has 2 heterocycles. The molecule has 0 aromatic heterocycles. The molecule has 2 aliphatic heterocycles. The van der Waals surface area contributed by atoms with Gasteiger partial charge in [-0.05, 0) is 70.9 Å². The number of rotatable bonds is 35. The van der Waals surface area contributed by atoms with Gasteiger partial charge in [-0.15, -0.1) is 0 Å². The first-order chi connectivity index (χ1) is 44.0. The molecule has 0 spiro atoms. The molecule has 2 fully saturated rings. The number of thioether (sulfide) groups is 2. The van der Waals surface area contributed by atoms with Crippen LogP contribution >= 0.6 is 23.5 Å². The van der Waals surface area contributed by atoms with Crippen molar-refractivity contribution in [1.29, 1.82) is 0 Å². The molecule has 0 radical (unpaired) electrons. The molecule has 93 heavy (non-hydrogen) atoms. The number of amides is 6. The number of ether oxygens (including phenoxy) is 4. The van der Waals surface area contributed by atoms with E-state index in [-0.39, 0.29) is 67.0 Å². The number of carboxylic acids is 2. The molecule has 12 atom stereocenters. The van der Waals surface area contributed by atoms with Crippen LogP contribution in [0.5, 0.6) is 0 Å². The number of nitrogens with one attached hydrogen (secondary N) is 6. The topological polar surface area (TPSA) is 408 Å². The molecule has 2 aliphatic rings. The second-order valence-corrected chi connectivity index (χ2v) is 24.1. The number of aliphatic hydroxyl groups excluding tert-OH is 6. The second-order valence-electron chi connectivity index (χ2n) is 21.6. The van der Waals surface area contributed by atoms with Crippen LogP contribution in [0.2, 0.25) is 0 Å². The Morgan fingerprint density at radius 3 is 1.20 bits per heavy atom. The van der Waals surface area contributed by atoms with Crippen molar-refractivity contribution in [3.05, 3.63) is 145 Å². The van der Waals surface area contributed by atoms with E-state index in [4.69, 9.17) is 18.9 Å². The van der Waals surface area contributed by atoms with Crippen molar-refractivity contribution in [2.75, 3.05) is 62.4 Å². The van der Waals surface area contributed by atoms with Gasteiger partial charge in [-0.25, -0.2) is 9.59 Å². The third kappa shape index (κ3) is 23.7. The van der Waals surface area contributed by atoms with Gasteiger partial charge in [-0.3, -0.25) is 28.8 Å². The van der Waals surface area contributed by atoms with Gasteiger partial charge in [0.2, 0.25) is 23.6 Å². The maximum absolute atomic E-state index is 13.0. The Morgan fingerprint density at radius 2 is 0.871 bits per heavy atom. The maximum atomic E-state index is 13.0. The summed E-state index contributed by atoms with van der Waals surface area (Å²) in [7, 11) is 0. The maximum Gasteiger partial charge on any atom is 1.00 e. The van der Waals surface area contributed by atoms with Gasteiger partial charge in [-0.2, -0.15) is 23.5 Å². The van der Waals surface area contributed by atoms with Crippen LogP contribution in [0.3, 0.4) is 0 Å². The molecule has 26 nitrogen and oxygen atoms in total. The predicted octanol–water partition coefficient (Wildman–Crippen LogP) is -1.88. The number of carbonyl (C=O) groups excluding carboxylic acids is 6. The average Bonchev–Trinajstić information content (AvgIpc) is 0.780. The van der Waals surface area contributed by atoms with Gasteiger partial charge >= 0.3 is 41.5 Å². The average molecular weight is 1340 g/mol. The normalized spacial score (nSPS) is 22.5. The quantitative estimate of drug-likeness (QED) is 0.0104. The van der Waals surface area contributed by atoms with Crippen LogP contribution < -0.4 is 61.5 Å². The molecular weight excluding hydrogens is 1260 g/mol. The summed E-state index contributed by atoms with van der Waals surface area (Å²) < 4.78 is 23.1. The minimum absolute atomic E-state index is 0. The van der Waals surface area contributed by atoms with E-state index in [1.54, 1.807) is 48.5 Å². The number of aliphatic carboxylic acids is 2. The first-order valence-electron chi connectivity index (χ1n) is 29.7. The largest absolute Gasteiger partial charge is 1.00 e. The van der Waals surface area contributed by atoms with Gasteiger partial charge in [-0.1, -0.05) is 97.1 Å². The summed E-state index contributed by atoms with van der Waals surface area (Å²) in [5, 5.41) is 103. The Kier molecular flexibility index (Phi) is 32.1. The zero-order chi connectivity index (χ0) is 66.8. The first-order valence-corrected chi connectivity index (χ1v) is 32.0. The summed E-state index contributed by atoms with van der Waals surface area (Å²) in [6.45, 7) is 1.43. The molecule has 4 aromatic carbocycles. The minimum atomic E-state index is -2.48. The Hall–Kier alpha value is -6.58. The van der Waals surface area contributed by atoms with Gasteiger partial charge in [0.1, 0.15) is 24.4 Å².